The molecule has 0 aliphatic rings. The van der Waals surface area contributed by atoms with Crippen LogP contribution < -0.4 is 0 Å². The van der Waals surface area contributed by atoms with E-state index in [4.69, 9.17) is 0 Å². The van der Waals surface area contributed by atoms with Gasteiger partial charge in [-0.1, -0.05) is 44.2 Å². The topological polar surface area (TPSA) is 12.9 Å². The number of alkyl halides is 3. The van der Waals surface area contributed by atoms with Crippen LogP contribution in [-0.4, -0.2) is 4.98 Å². The van der Waals surface area contributed by atoms with Crippen LogP contribution in [0.5, 0.6) is 0 Å². The molecule has 100 valence electrons. The molecule has 4 heteroatoms. The Kier molecular flexibility index (Phi) is 3.60. The van der Waals surface area contributed by atoms with Crippen molar-refractivity contribution in [2.75, 3.05) is 0 Å². The van der Waals surface area contributed by atoms with Crippen molar-refractivity contribution >= 4 is 0 Å². The Hall–Kier alpha value is -1.84. The molecule has 0 spiro atoms. The minimum atomic E-state index is -4.39. The SMILES string of the molecule is CC(C)c1ccc(-c2ccc(C(F)(F)F)nc2)cc1. The smallest absolute Gasteiger partial charge is 0.251 e. The first-order chi connectivity index (χ1) is 8.88. The third kappa shape index (κ3) is 3.13. The lowest BCUT2D eigenvalue weighted by molar-refractivity contribution is -0.141. The molecular weight excluding hydrogens is 251 g/mol. The lowest BCUT2D eigenvalue weighted by Crippen LogP contribution is -2.07. The number of pyridine rings is 1. The van der Waals surface area contributed by atoms with Crippen molar-refractivity contribution in [1.82, 2.24) is 4.98 Å². The Labute approximate surface area is 110 Å². The molecule has 0 atom stereocenters. The third-order valence-corrected chi connectivity index (χ3v) is 2.96. The zero-order valence-corrected chi connectivity index (χ0v) is 10.7. The fourth-order valence-electron chi connectivity index (χ4n) is 1.79. The van der Waals surface area contributed by atoms with E-state index in [0.717, 1.165) is 11.6 Å². The molecule has 0 fully saturated rings. The fourth-order valence-corrected chi connectivity index (χ4v) is 1.79. The van der Waals surface area contributed by atoms with Crippen molar-refractivity contribution in [3.05, 3.63) is 53.9 Å². The second-order valence-electron chi connectivity index (χ2n) is 4.71. The van der Waals surface area contributed by atoms with Crippen LogP contribution in [0.15, 0.2) is 42.6 Å². The average Bonchev–Trinajstić information content (AvgIpc) is 2.38. The summed E-state index contributed by atoms with van der Waals surface area (Å²) in [4.78, 5) is 3.46. The molecule has 2 rings (SSSR count). The summed E-state index contributed by atoms with van der Waals surface area (Å²) >= 11 is 0. The highest BCUT2D eigenvalue weighted by Crippen LogP contribution is 2.29. The quantitative estimate of drug-likeness (QED) is 0.753. The van der Waals surface area contributed by atoms with Crippen molar-refractivity contribution in [1.29, 1.82) is 0 Å². The molecule has 2 aromatic rings. The predicted molar refractivity (Wildman–Crippen MR) is 68.8 cm³/mol. The van der Waals surface area contributed by atoms with Crippen LogP contribution in [0.25, 0.3) is 11.1 Å². The lowest BCUT2D eigenvalue weighted by Gasteiger charge is -2.08. The van der Waals surface area contributed by atoms with E-state index in [1.165, 1.54) is 17.8 Å². The number of nitrogens with zero attached hydrogens (tertiary/aromatic N) is 1. The summed E-state index contributed by atoms with van der Waals surface area (Å²) in [5.41, 5.74) is 1.88. The number of benzene rings is 1. The fraction of sp³-hybridized carbons (Fsp3) is 0.267. The molecule has 0 saturated carbocycles. The van der Waals surface area contributed by atoms with E-state index in [1.54, 1.807) is 0 Å². The van der Waals surface area contributed by atoms with Gasteiger partial charge < -0.3 is 0 Å². The van der Waals surface area contributed by atoms with Crippen molar-refractivity contribution < 1.29 is 13.2 Å². The van der Waals surface area contributed by atoms with E-state index < -0.39 is 11.9 Å². The summed E-state index contributed by atoms with van der Waals surface area (Å²) in [6.45, 7) is 4.18. The second-order valence-corrected chi connectivity index (χ2v) is 4.71. The maximum atomic E-state index is 12.4. The van der Waals surface area contributed by atoms with Crippen LogP contribution in [-0.2, 0) is 6.18 Å². The van der Waals surface area contributed by atoms with Gasteiger partial charge in [0.1, 0.15) is 5.69 Å². The van der Waals surface area contributed by atoms with Crippen LogP contribution in [0.2, 0.25) is 0 Å². The van der Waals surface area contributed by atoms with Gasteiger partial charge in [-0.25, -0.2) is 0 Å². The minimum absolute atomic E-state index is 0.430. The molecule has 0 saturated heterocycles. The lowest BCUT2D eigenvalue weighted by atomic mass is 9.99. The number of hydrogen-bond acceptors (Lipinski definition) is 1. The summed E-state index contributed by atoms with van der Waals surface area (Å²) in [5, 5.41) is 0. The normalized spacial score (nSPS) is 11.9. The van der Waals surface area contributed by atoms with E-state index in [1.807, 2.05) is 24.3 Å². The molecule has 0 radical (unpaired) electrons. The van der Waals surface area contributed by atoms with Crippen LogP contribution in [0, 0.1) is 0 Å². The predicted octanol–water partition coefficient (Wildman–Crippen LogP) is 4.89. The molecule has 0 unspecified atom stereocenters. The zero-order chi connectivity index (χ0) is 14.0. The Morgan fingerprint density at radius 2 is 1.47 bits per heavy atom. The standard InChI is InChI=1S/C15H14F3N/c1-10(2)11-3-5-12(6-4-11)13-7-8-14(19-9-13)15(16,17)18/h3-10H,1-2H3. The molecule has 0 bridgehead atoms. The molecule has 19 heavy (non-hydrogen) atoms. The van der Waals surface area contributed by atoms with Gasteiger partial charge in [-0.3, -0.25) is 4.98 Å². The number of hydrogen-bond donors (Lipinski definition) is 0. The maximum Gasteiger partial charge on any atom is 0.433 e. The van der Waals surface area contributed by atoms with Gasteiger partial charge in [0.25, 0.3) is 0 Å². The third-order valence-electron chi connectivity index (χ3n) is 2.96. The van der Waals surface area contributed by atoms with Gasteiger partial charge in [-0.15, -0.1) is 0 Å². The Balaban J connectivity index is 2.27. The van der Waals surface area contributed by atoms with Crippen LogP contribution in [0.3, 0.4) is 0 Å². The molecule has 1 aromatic carbocycles. The van der Waals surface area contributed by atoms with E-state index in [2.05, 4.69) is 18.8 Å². The Morgan fingerprint density at radius 1 is 0.895 bits per heavy atom. The summed E-state index contributed by atoms with van der Waals surface area (Å²) < 4.78 is 37.2. The molecule has 0 aliphatic heterocycles. The Bertz CT molecular complexity index is 539. The molecule has 0 N–H and O–H groups in total. The van der Waals surface area contributed by atoms with Gasteiger partial charge in [-0.05, 0) is 23.1 Å². The number of rotatable bonds is 2. The van der Waals surface area contributed by atoms with Crippen molar-refractivity contribution in [2.24, 2.45) is 0 Å². The number of aromatic nitrogens is 1. The second kappa shape index (κ2) is 5.03. The first-order valence-corrected chi connectivity index (χ1v) is 6.01. The van der Waals surface area contributed by atoms with Crippen molar-refractivity contribution in [2.45, 2.75) is 25.9 Å². The molecule has 0 amide bonds. The average molecular weight is 265 g/mol. The molecule has 1 aromatic heterocycles. The van der Waals surface area contributed by atoms with E-state index in [-0.39, 0.29) is 0 Å². The van der Waals surface area contributed by atoms with Crippen LogP contribution in [0.1, 0.15) is 31.0 Å². The largest absolute Gasteiger partial charge is 0.433 e. The van der Waals surface area contributed by atoms with E-state index >= 15 is 0 Å². The highest BCUT2D eigenvalue weighted by atomic mass is 19.4. The molecule has 0 aliphatic carbocycles. The first kappa shape index (κ1) is 13.6. The monoisotopic (exact) mass is 265 g/mol. The molecule has 1 heterocycles. The van der Waals surface area contributed by atoms with Crippen LogP contribution in [0.4, 0.5) is 13.2 Å². The van der Waals surface area contributed by atoms with Gasteiger partial charge >= 0.3 is 6.18 Å². The molecule has 1 nitrogen and oxygen atoms in total. The summed E-state index contributed by atoms with van der Waals surface area (Å²) in [5.74, 6) is 0.430. The van der Waals surface area contributed by atoms with E-state index in [0.29, 0.717) is 11.5 Å². The maximum absolute atomic E-state index is 12.4. The van der Waals surface area contributed by atoms with Crippen molar-refractivity contribution in [3.8, 4) is 11.1 Å². The van der Waals surface area contributed by atoms with Gasteiger partial charge in [0.15, 0.2) is 0 Å². The highest BCUT2D eigenvalue weighted by molar-refractivity contribution is 5.62. The Morgan fingerprint density at radius 3 is 1.89 bits per heavy atom. The minimum Gasteiger partial charge on any atom is -0.251 e. The summed E-state index contributed by atoms with van der Waals surface area (Å²) in [6, 6.07) is 10.2. The van der Waals surface area contributed by atoms with Gasteiger partial charge in [0.2, 0.25) is 0 Å². The summed E-state index contributed by atoms with van der Waals surface area (Å²) in [7, 11) is 0. The van der Waals surface area contributed by atoms with Crippen molar-refractivity contribution in [3.63, 3.8) is 0 Å². The van der Waals surface area contributed by atoms with Crippen LogP contribution >= 0.6 is 0 Å². The van der Waals surface area contributed by atoms with Gasteiger partial charge in [0, 0.05) is 11.8 Å². The van der Waals surface area contributed by atoms with Gasteiger partial charge in [-0.2, -0.15) is 13.2 Å². The van der Waals surface area contributed by atoms with E-state index in [9.17, 15) is 13.2 Å². The number of halogens is 3. The zero-order valence-electron chi connectivity index (χ0n) is 10.7. The first-order valence-electron chi connectivity index (χ1n) is 6.01. The summed E-state index contributed by atoms with van der Waals surface area (Å²) in [6.07, 6.45) is -3.13. The van der Waals surface area contributed by atoms with Gasteiger partial charge in [0.05, 0.1) is 0 Å². The molecular formula is C15H14F3N. The highest BCUT2D eigenvalue weighted by Gasteiger charge is 2.31.